The van der Waals surface area contributed by atoms with E-state index in [9.17, 15) is 9.90 Å². The first kappa shape index (κ1) is 18.8. The lowest BCUT2D eigenvalue weighted by atomic mass is 9.96. The molecule has 1 aromatic heterocycles. The summed E-state index contributed by atoms with van der Waals surface area (Å²) < 4.78 is 6.33. The van der Waals surface area contributed by atoms with Gasteiger partial charge in [-0.05, 0) is 82.2 Å². The zero-order valence-electron chi connectivity index (χ0n) is 15.6. The van der Waals surface area contributed by atoms with Crippen molar-refractivity contribution in [3.05, 3.63) is 82.6 Å². The molecule has 1 heterocycles. The number of aromatic hydroxyl groups is 1. The molecular formula is C24H18O4S. The van der Waals surface area contributed by atoms with E-state index in [0.29, 0.717) is 5.75 Å². The monoisotopic (exact) mass is 402 g/mol. The summed E-state index contributed by atoms with van der Waals surface area (Å²) in [6.07, 6.45) is 2.64. The Morgan fingerprint density at radius 2 is 1.86 bits per heavy atom. The second-order valence-corrected chi connectivity index (χ2v) is 7.44. The van der Waals surface area contributed by atoms with Crippen molar-refractivity contribution < 1.29 is 19.7 Å². The minimum absolute atomic E-state index is 0.209. The fourth-order valence-electron chi connectivity index (χ4n) is 3.30. The Hall–Kier alpha value is -3.57. The predicted octanol–water partition coefficient (Wildman–Crippen LogP) is 6.47. The Kier molecular flexibility index (Phi) is 5.06. The number of aryl methyl sites for hydroxylation is 1. The Morgan fingerprint density at radius 3 is 2.55 bits per heavy atom. The van der Waals surface area contributed by atoms with Gasteiger partial charge in [-0.2, -0.15) is 11.3 Å². The molecule has 0 unspecified atom stereocenters. The van der Waals surface area contributed by atoms with E-state index < -0.39 is 5.97 Å². The van der Waals surface area contributed by atoms with Gasteiger partial charge in [0.05, 0.1) is 0 Å². The molecule has 4 nitrogen and oxygen atoms in total. The summed E-state index contributed by atoms with van der Waals surface area (Å²) in [6.45, 7) is 2.03. The van der Waals surface area contributed by atoms with E-state index in [1.807, 2.05) is 42.6 Å². The fourth-order valence-corrected chi connectivity index (χ4v) is 3.95. The molecule has 0 saturated heterocycles. The molecule has 144 valence electrons. The van der Waals surface area contributed by atoms with Gasteiger partial charge in [0.1, 0.15) is 17.2 Å². The molecule has 0 atom stereocenters. The highest BCUT2D eigenvalue weighted by Crippen LogP contribution is 2.43. The van der Waals surface area contributed by atoms with Gasteiger partial charge in [-0.1, -0.05) is 18.2 Å². The summed E-state index contributed by atoms with van der Waals surface area (Å²) in [6, 6.07) is 16.6. The molecule has 0 aliphatic heterocycles. The van der Waals surface area contributed by atoms with Crippen LogP contribution in [-0.2, 0) is 4.79 Å². The highest BCUT2D eigenvalue weighted by atomic mass is 32.1. The molecule has 0 bridgehead atoms. The van der Waals surface area contributed by atoms with Crippen LogP contribution in [0.2, 0.25) is 0 Å². The van der Waals surface area contributed by atoms with E-state index in [2.05, 4.69) is 17.5 Å². The maximum atomic E-state index is 10.7. The van der Waals surface area contributed by atoms with Gasteiger partial charge in [-0.25, -0.2) is 4.79 Å². The lowest BCUT2D eigenvalue weighted by Gasteiger charge is -2.17. The van der Waals surface area contributed by atoms with Crippen LogP contribution in [0.3, 0.4) is 0 Å². The number of phenols is 1. The van der Waals surface area contributed by atoms with Crippen molar-refractivity contribution in [1.29, 1.82) is 0 Å². The van der Waals surface area contributed by atoms with Crippen LogP contribution < -0.4 is 4.74 Å². The highest BCUT2D eigenvalue weighted by molar-refractivity contribution is 7.08. The molecule has 2 N–H and O–H groups in total. The summed E-state index contributed by atoms with van der Waals surface area (Å²) >= 11 is 1.62. The van der Waals surface area contributed by atoms with Crippen LogP contribution in [0.15, 0.2) is 71.4 Å². The molecule has 0 saturated carbocycles. The predicted molar refractivity (Wildman–Crippen MR) is 117 cm³/mol. The molecule has 3 aromatic carbocycles. The Balaban J connectivity index is 1.81. The third-order valence-corrected chi connectivity index (χ3v) is 5.28. The zero-order valence-corrected chi connectivity index (χ0v) is 16.4. The number of phenolic OH excluding ortho intramolecular Hbond substituents is 1. The average molecular weight is 402 g/mol. The molecule has 0 spiro atoms. The smallest absolute Gasteiger partial charge is 0.328 e. The van der Waals surface area contributed by atoms with Crippen molar-refractivity contribution in [3.8, 4) is 28.4 Å². The van der Waals surface area contributed by atoms with Crippen LogP contribution in [0.5, 0.6) is 17.2 Å². The molecule has 0 aliphatic carbocycles. The molecule has 0 radical (unpaired) electrons. The van der Waals surface area contributed by atoms with Crippen molar-refractivity contribution in [2.45, 2.75) is 6.92 Å². The number of rotatable bonds is 5. The minimum atomic E-state index is -0.986. The first-order chi connectivity index (χ1) is 14.0. The Morgan fingerprint density at radius 1 is 1.07 bits per heavy atom. The van der Waals surface area contributed by atoms with E-state index in [1.54, 1.807) is 23.5 Å². The maximum Gasteiger partial charge on any atom is 0.328 e. The lowest BCUT2D eigenvalue weighted by Crippen LogP contribution is -1.93. The largest absolute Gasteiger partial charge is 0.508 e. The third-order valence-electron chi connectivity index (χ3n) is 4.60. The number of thiophene rings is 1. The molecule has 0 aliphatic rings. The molecule has 4 rings (SSSR count). The van der Waals surface area contributed by atoms with Gasteiger partial charge in [0.15, 0.2) is 0 Å². The molecule has 0 fully saturated rings. The summed E-state index contributed by atoms with van der Waals surface area (Å²) in [5, 5.41) is 24.6. The van der Waals surface area contributed by atoms with E-state index in [0.717, 1.165) is 44.9 Å². The SMILES string of the molecule is Cc1cc2cc(O)ccc2c(Oc2ccc(C=CC(=O)O)cc2)c1-c1ccsc1. The second-order valence-electron chi connectivity index (χ2n) is 6.66. The Labute approximate surface area is 172 Å². The van der Waals surface area contributed by atoms with Crippen molar-refractivity contribution in [2.75, 3.05) is 0 Å². The fraction of sp³-hybridized carbons (Fsp3) is 0.0417. The van der Waals surface area contributed by atoms with Gasteiger partial charge in [0.25, 0.3) is 0 Å². The summed E-state index contributed by atoms with van der Waals surface area (Å²) in [7, 11) is 0. The van der Waals surface area contributed by atoms with Crippen molar-refractivity contribution in [1.82, 2.24) is 0 Å². The number of carboxylic acid groups (broad SMARTS) is 1. The standard InChI is InChI=1S/C24H18O4S/c1-15-12-18-13-19(25)5-8-21(18)24(23(15)17-10-11-29-14-17)28-20-6-2-16(3-7-20)4-9-22(26)27/h2-14,25H,1H3,(H,26,27). The quantitative estimate of drug-likeness (QED) is 0.375. The number of benzene rings is 3. The lowest BCUT2D eigenvalue weighted by molar-refractivity contribution is -0.131. The second kappa shape index (κ2) is 7.81. The van der Waals surface area contributed by atoms with Crippen LogP contribution in [-0.4, -0.2) is 16.2 Å². The number of carboxylic acids is 1. The van der Waals surface area contributed by atoms with Crippen LogP contribution in [0.4, 0.5) is 0 Å². The van der Waals surface area contributed by atoms with Crippen LogP contribution in [0.1, 0.15) is 11.1 Å². The summed E-state index contributed by atoms with van der Waals surface area (Å²) in [5.41, 5.74) is 3.92. The minimum Gasteiger partial charge on any atom is -0.508 e. The number of aliphatic carboxylic acids is 1. The summed E-state index contributed by atoms with van der Waals surface area (Å²) in [5.74, 6) is 0.599. The molecular weight excluding hydrogens is 384 g/mol. The van der Waals surface area contributed by atoms with E-state index in [4.69, 9.17) is 9.84 Å². The number of ether oxygens (including phenoxy) is 1. The van der Waals surface area contributed by atoms with E-state index in [-0.39, 0.29) is 5.75 Å². The van der Waals surface area contributed by atoms with Crippen LogP contribution in [0.25, 0.3) is 28.0 Å². The first-order valence-electron chi connectivity index (χ1n) is 8.99. The van der Waals surface area contributed by atoms with Crippen molar-refractivity contribution in [3.63, 3.8) is 0 Å². The van der Waals surface area contributed by atoms with Crippen molar-refractivity contribution >= 4 is 34.2 Å². The van der Waals surface area contributed by atoms with Gasteiger partial charge >= 0.3 is 5.97 Å². The number of fused-ring (bicyclic) bond motifs is 1. The maximum absolute atomic E-state index is 10.7. The van der Waals surface area contributed by atoms with Gasteiger partial charge in [0.2, 0.25) is 0 Å². The molecule has 29 heavy (non-hydrogen) atoms. The molecule has 4 aromatic rings. The number of carbonyl (C=O) groups is 1. The van der Waals surface area contributed by atoms with E-state index >= 15 is 0 Å². The topological polar surface area (TPSA) is 66.8 Å². The molecule has 5 heteroatoms. The third kappa shape index (κ3) is 4.00. The van der Waals surface area contributed by atoms with Gasteiger partial charge < -0.3 is 14.9 Å². The van der Waals surface area contributed by atoms with Gasteiger partial charge in [0, 0.05) is 17.0 Å². The van der Waals surface area contributed by atoms with Crippen LogP contribution >= 0.6 is 11.3 Å². The van der Waals surface area contributed by atoms with E-state index in [1.165, 1.54) is 6.08 Å². The van der Waals surface area contributed by atoms with Gasteiger partial charge in [-0.15, -0.1) is 0 Å². The zero-order chi connectivity index (χ0) is 20.4. The first-order valence-corrected chi connectivity index (χ1v) is 9.93. The van der Waals surface area contributed by atoms with Crippen molar-refractivity contribution in [2.24, 2.45) is 0 Å². The number of hydrogen-bond donors (Lipinski definition) is 2. The highest BCUT2D eigenvalue weighted by Gasteiger charge is 2.16. The van der Waals surface area contributed by atoms with Crippen LogP contribution in [0, 0.1) is 6.92 Å². The average Bonchev–Trinajstić information content (AvgIpc) is 3.21. The normalized spacial score (nSPS) is 11.2. The Bertz CT molecular complexity index is 1210. The molecule has 0 amide bonds. The number of hydrogen-bond acceptors (Lipinski definition) is 4. The summed E-state index contributed by atoms with van der Waals surface area (Å²) in [4.78, 5) is 10.7. The van der Waals surface area contributed by atoms with Gasteiger partial charge in [-0.3, -0.25) is 0 Å².